The Labute approximate surface area is 216 Å². The van der Waals surface area contributed by atoms with Gasteiger partial charge < -0.3 is 15.5 Å². The Bertz CT molecular complexity index is 1230. The monoisotopic (exact) mass is 503 g/mol. The van der Waals surface area contributed by atoms with Gasteiger partial charge in [0.15, 0.2) is 5.16 Å². The number of carbonyl (C=O) groups excluding carboxylic acids is 1. The Morgan fingerprint density at radius 2 is 1.75 bits per heavy atom. The molecule has 1 amide bonds. The Hall–Kier alpha value is -3.10. The van der Waals surface area contributed by atoms with Gasteiger partial charge in [0.2, 0.25) is 5.91 Å². The fourth-order valence-corrected chi connectivity index (χ4v) is 5.84. The number of benzene rings is 2. The standard InChI is InChI=1S/C28H33N5O2S/c34-26(14-16-29-17-18-30-21-8-3-1-4-9-21)32-19-15-25-24(20-32)27(35)33(22-10-5-2-6-11-22)28(31-25)36-23-12-7-13-23/h1-6,8-11,23,29-30H,7,12-20H2. The molecule has 1 aliphatic carbocycles. The van der Waals surface area contributed by atoms with Crippen molar-refractivity contribution < 1.29 is 4.79 Å². The van der Waals surface area contributed by atoms with Gasteiger partial charge in [0.25, 0.3) is 5.56 Å². The Balaban J connectivity index is 1.21. The number of fused-ring (bicyclic) bond motifs is 1. The van der Waals surface area contributed by atoms with Crippen LogP contribution in [0.2, 0.25) is 0 Å². The van der Waals surface area contributed by atoms with Crippen molar-refractivity contribution in [2.45, 2.75) is 49.1 Å². The minimum atomic E-state index is -0.0457. The van der Waals surface area contributed by atoms with Crippen molar-refractivity contribution in [1.29, 1.82) is 0 Å². The maximum atomic E-state index is 13.7. The van der Waals surface area contributed by atoms with E-state index < -0.39 is 0 Å². The second-order valence-corrected chi connectivity index (χ2v) is 10.6. The fourth-order valence-electron chi connectivity index (χ4n) is 4.52. The zero-order valence-electron chi connectivity index (χ0n) is 20.5. The molecule has 0 spiro atoms. The molecule has 2 aliphatic rings. The molecule has 5 rings (SSSR count). The van der Waals surface area contributed by atoms with Gasteiger partial charge in [-0.15, -0.1) is 0 Å². The van der Waals surface area contributed by atoms with Gasteiger partial charge in [-0.05, 0) is 37.1 Å². The molecule has 1 fully saturated rings. The molecular weight excluding hydrogens is 470 g/mol. The van der Waals surface area contributed by atoms with Crippen molar-refractivity contribution >= 4 is 23.4 Å². The number of nitrogens with one attached hydrogen (secondary N) is 2. The summed E-state index contributed by atoms with van der Waals surface area (Å²) in [4.78, 5) is 33.4. The molecule has 0 radical (unpaired) electrons. The van der Waals surface area contributed by atoms with Crippen LogP contribution in [0.15, 0.2) is 70.6 Å². The fraction of sp³-hybridized carbons (Fsp3) is 0.393. The number of anilines is 1. The highest BCUT2D eigenvalue weighted by Gasteiger charge is 2.28. The van der Waals surface area contributed by atoms with E-state index in [9.17, 15) is 9.59 Å². The van der Waals surface area contributed by atoms with E-state index in [2.05, 4.69) is 10.6 Å². The van der Waals surface area contributed by atoms with E-state index in [1.54, 1.807) is 16.3 Å². The summed E-state index contributed by atoms with van der Waals surface area (Å²) in [5, 5.41) is 7.99. The number of thioether (sulfide) groups is 1. The smallest absolute Gasteiger partial charge is 0.264 e. The molecule has 7 nitrogen and oxygen atoms in total. The molecule has 8 heteroatoms. The number of hydrogen-bond donors (Lipinski definition) is 2. The molecule has 1 saturated carbocycles. The summed E-state index contributed by atoms with van der Waals surface area (Å²) in [6.45, 7) is 3.12. The third-order valence-electron chi connectivity index (χ3n) is 6.81. The summed E-state index contributed by atoms with van der Waals surface area (Å²) < 4.78 is 1.75. The van der Waals surface area contributed by atoms with Crippen molar-refractivity contribution in [2.75, 3.05) is 31.5 Å². The summed E-state index contributed by atoms with van der Waals surface area (Å²) in [6, 6.07) is 19.8. The molecule has 188 valence electrons. The van der Waals surface area contributed by atoms with E-state index in [1.807, 2.05) is 65.6 Å². The first-order chi connectivity index (χ1) is 17.7. The van der Waals surface area contributed by atoms with Gasteiger partial charge in [-0.25, -0.2) is 4.98 Å². The van der Waals surface area contributed by atoms with Crippen LogP contribution in [0.3, 0.4) is 0 Å². The SMILES string of the molecule is O=C(CCNCCNc1ccccc1)N1CCc2nc(SC3CCC3)n(-c3ccccc3)c(=O)c2C1. The lowest BCUT2D eigenvalue weighted by atomic mass is 10.0. The van der Waals surface area contributed by atoms with E-state index in [1.165, 1.54) is 19.3 Å². The van der Waals surface area contributed by atoms with Gasteiger partial charge in [-0.1, -0.05) is 54.6 Å². The maximum absolute atomic E-state index is 13.7. The van der Waals surface area contributed by atoms with Crippen LogP contribution in [-0.2, 0) is 17.8 Å². The van der Waals surface area contributed by atoms with Crippen molar-refractivity contribution in [3.05, 3.63) is 82.3 Å². The Morgan fingerprint density at radius 3 is 2.47 bits per heavy atom. The van der Waals surface area contributed by atoms with Gasteiger partial charge in [0, 0.05) is 50.0 Å². The van der Waals surface area contributed by atoms with Gasteiger partial charge in [-0.2, -0.15) is 0 Å². The number of carbonyl (C=O) groups is 1. The second-order valence-electron chi connectivity index (χ2n) is 9.32. The lowest BCUT2D eigenvalue weighted by Gasteiger charge is -2.30. The summed E-state index contributed by atoms with van der Waals surface area (Å²) in [5.41, 5.74) is 3.37. The Kier molecular flexibility index (Phi) is 8.03. The summed E-state index contributed by atoms with van der Waals surface area (Å²) in [5.74, 6) is 0.0720. The molecule has 0 bridgehead atoms. The highest BCUT2D eigenvalue weighted by molar-refractivity contribution is 7.99. The van der Waals surface area contributed by atoms with Crippen LogP contribution in [0, 0.1) is 0 Å². The number of rotatable bonds is 10. The van der Waals surface area contributed by atoms with Crippen molar-refractivity contribution in [3.63, 3.8) is 0 Å². The first kappa shape index (κ1) is 24.6. The number of amides is 1. The van der Waals surface area contributed by atoms with Crippen molar-refractivity contribution in [3.8, 4) is 5.69 Å². The van der Waals surface area contributed by atoms with E-state index in [4.69, 9.17) is 4.98 Å². The summed E-state index contributed by atoms with van der Waals surface area (Å²) in [7, 11) is 0. The summed E-state index contributed by atoms with van der Waals surface area (Å²) >= 11 is 1.72. The van der Waals surface area contributed by atoms with Crippen LogP contribution in [0.1, 0.15) is 36.9 Å². The number of para-hydroxylation sites is 2. The highest BCUT2D eigenvalue weighted by Crippen LogP contribution is 2.36. The van der Waals surface area contributed by atoms with E-state index in [0.717, 1.165) is 35.3 Å². The van der Waals surface area contributed by atoms with Crippen LogP contribution in [-0.4, -0.2) is 51.8 Å². The zero-order valence-corrected chi connectivity index (χ0v) is 21.3. The quantitative estimate of drug-likeness (QED) is 0.323. The van der Waals surface area contributed by atoms with Crippen LogP contribution in [0.25, 0.3) is 5.69 Å². The number of nitrogens with zero attached hydrogens (tertiary/aromatic N) is 3. The van der Waals surface area contributed by atoms with Crippen LogP contribution >= 0.6 is 11.8 Å². The van der Waals surface area contributed by atoms with Crippen molar-refractivity contribution in [2.24, 2.45) is 0 Å². The van der Waals surface area contributed by atoms with Crippen LogP contribution in [0.5, 0.6) is 0 Å². The third-order valence-corrected chi connectivity index (χ3v) is 8.10. The third kappa shape index (κ3) is 5.82. The molecule has 3 aromatic rings. The molecule has 2 N–H and O–H groups in total. The molecule has 1 aromatic heterocycles. The largest absolute Gasteiger partial charge is 0.384 e. The molecule has 36 heavy (non-hydrogen) atoms. The average Bonchev–Trinajstić information content (AvgIpc) is 2.89. The predicted molar refractivity (Wildman–Crippen MR) is 145 cm³/mol. The van der Waals surface area contributed by atoms with Gasteiger partial charge in [0.1, 0.15) is 0 Å². The maximum Gasteiger partial charge on any atom is 0.264 e. The van der Waals surface area contributed by atoms with Gasteiger partial charge >= 0.3 is 0 Å². The highest BCUT2D eigenvalue weighted by atomic mass is 32.2. The van der Waals surface area contributed by atoms with Gasteiger partial charge in [-0.3, -0.25) is 14.2 Å². The average molecular weight is 504 g/mol. The lowest BCUT2D eigenvalue weighted by Crippen LogP contribution is -2.42. The predicted octanol–water partition coefficient (Wildman–Crippen LogP) is 3.85. The van der Waals surface area contributed by atoms with E-state index >= 15 is 0 Å². The zero-order chi connectivity index (χ0) is 24.7. The van der Waals surface area contributed by atoms with E-state index in [0.29, 0.717) is 43.3 Å². The van der Waals surface area contributed by atoms with Crippen LogP contribution < -0.4 is 16.2 Å². The normalized spacial score (nSPS) is 15.3. The van der Waals surface area contributed by atoms with Crippen LogP contribution in [0.4, 0.5) is 5.69 Å². The number of hydrogen-bond acceptors (Lipinski definition) is 6. The first-order valence-corrected chi connectivity index (χ1v) is 13.7. The molecule has 0 unspecified atom stereocenters. The minimum Gasteiger partial charge on any atom is -0.384 e. The van der Waals surface area contributed by atoms with E-state index in [-0.39, 0.29) is 11.5 Å². The van der Waals surface area contributed by atoms with Crippen molar-refractivity contribution in [1.82, 2.24) is 19.8 Å². The minimum absolute atomic E-state index is 0.0457. The number of aromatic nitrogens is 2. The molecule has 2 heterocycles. The molecule has 1 aliphatic heterocycles. The topological polar surface area (TPSA) is 79.3 Å². The second kappa shape index (κ2) is 11.8. The lowest BCUT2D eigenvalue weighted by molar-refractivity contribution is -0.132. The first-order valence-electron chi connectivity index (χ1n) is 12.8. The molecule has 2 aromatic carbocycles. The molecule has 0 saturated heterocycles. The molecule has 0 atom stereocenters. The summed E-state index contributed by atoms with van der Waals surface area (Å²) in [6.07, 6.45) is 4.62. The van der Waals surface area contributed by atoms with Gasteiger partial charge in [0.05, 0.1) is 23.5 Å². The molecular formula is C28H33N5O2S. The Morgan fingerprint density at radius 1 is 1.00 bits per heavy atom.